The lowest BCUT2D eigenvalue weighted by Gasteiger charge is -2.40. The number of nitrogens with one attached hydrogen (secondary N) is 2. The van der Waals surface area contributed by atoms with Gasteiger partial charge < -0.3 is 15.4 Å². The topological polar surface area (TPSA) is 87.7 Å². The highest BCUT2D eigenvalue weighted by atomic mass is 16.5. The van der Waals surface area contributed by atoms with Crippen molar-refractivity contribution in [2.75, 3.05) is 19.7 Å². The summed E-state index contributed by atoms with van der Waals surface area (Å²) >= 11 is 0. The summed E-state index contributed by atoms with van der Waals surface area (Å²) in [5.74, 6) is 0.616. The van der Waals surface area contributed by atoms with Gasteiger partial charge in [-0.1, -0.05) is 53.7 Å². The highest BCUT2D eigenvalue weighted by Gasteiger charge is 2.53. The molecule has 0 unspecified atom stereocenters. The van der Waals surface area contributed by atoms with E-state index in [0.717, 1.165) is 23.5 Å². The maximum atomic E-state index is 13.0. The minimum absolute atomic E-state index is 0.0797. The van der Waals surface area contributed by atoms with E-state index in [1.165, 1.54) is 5.56 Å². The van der Waals surface area contributed by atoms with Crippen LogP contribution in [0, 0.1) is 11.3 Å². The second-order valence-corrected chi connectivity index (χ2v) is 11.5. The number of nitrogens with zero attached hydrogens (tertiary/aromatic N) is 1. The van der Waals surface area contributed by atoms with Gasteiger partial charge in [-0.3, -0.25) is 14.5 Å². The molecule has 182 valence electrons. The summed E-state index contributed by atoms with van der Waals surface area (Å²) in [5.41, 5.74) is 0.641. The number of hydrogen-bond acceptors (Lipinski definition) is 4. The van der Waals surface area contributed by atoms with Crippen molar-refractivity contribution < 1.29 is 19.1 Å². The number of ether oxygens (including phenoxy) is 1. The van der Waals surface area contributed by atoms with Crippen LogP contribution in [-0.4, -0.2) is 48.0 Å². The molecule has 1 aliphatic carbocycles. The predicted molar refractivity (Wildman–Crippen MR) is 128 cm³/mol. The fourth-order valence-corrected chi connectivity index (χ4v) is 4.75. The molecular weight excluding hydrogens is 418 g/mol. The Balaban J connectivity index is 1.44. The van der Waals surface area contributed by atoms with E-state index in [1.807, 2.05) is 24.3 Å². The largest absolute Gasteiger partial charge is 0.492 e. The maximum absolute atomic E-state index is 13.0. The molecule has 0 radical (unpaired) electrons. The number of amides is 4. The fourth-order valence-electron chi connectivity index (χ4n) is 4.75. The van der Waals surface area contributed by atoms with Crippen molar-refractivity contribution in [2.45, 2.75) is 78.2 Å². The standard InChI is InChI=1S/C26H39N3O4/c1-24(2,3)18-7-9-20(10-8-18)33-16-15-27-21(30)17-29-22(31)26(28-23(29)32)13-11-19(12-14-26)25(4,5)6/h7-10,19H,11-17H2,1-6H3,(H,27,30)(H,28,32). The molecule has 0 atom stereocenters. The van der Waals surface area contributed by atoms with Crippen LogP contribution in [0.25, 0.3) is 0 Å². The van der Waals surface area contributed by atoms with Crippen molar-refractivity contribution in [3.8, 4) is 5.75 Å². The molecule has 2 N–H and O–H groups in total. The molecule has 1 saturated heterocycles. The van der Waals surface area contributed by atoms with E-state index in [-0.39, 0.29) is 29.2 Å². The molecule has 1 spiro atoms. The zero-order chi connectivity index (χ0) is 24.4. The summed E-state index contributed by atoms with van der Waals surface area (Å²) in [4.78, 5) is 38.9. The normalized spacial score (nSPS) is 23.6. The first-order chi connectivity index (χ1) is 15.3. The van der Waals surface area contributed by atoms with Gasteiger partial charge in [0.05, 0.1) is 6.54 Å². The molecule has 0 bridgehead atoms. The molecule has 1 aromatic rings. The third-order valence-corrected chi connectivity index (χ3v) is 7.02. The van der Waals surface area contributed by atoms with Crippen molar-refractivity contribution in [3.63, 3.8) is 0 Å². The molecule has 0 aromatic heterocycles. The number of rotatable bonds is 6. The van der Waals surface area contributed by atoms with Crippen LogP contribution in [0.5, 0.6) is 5.75 Å². The summed E-state index contributed by atoms with van der Waals surface area (Å²) in [6.07, 6.45) is 3.03. The Morgan fingerprint density at radius 3 is 2.24 bits per heavy atom. The fraction of sp³-hybridized carbons (Fsp3) is 0.654. The number of imide groups is 1. The Morgan fingerprint density at radius 2 is 1.70 bits per heavy atom. The van der Waals surface area contributed by atoms with Crippen molar-refractivity contribution in [1.82, 2.24) is 15.5 Å². The van der Waals surface area contributed by atoms with E-state index in [0.29, 0.717) is 31.9 Å². The van der Waals surface area contributed by atoms with Gasteiger partial charge in [-0.2, -0.15) is 0 Å². The van der Waals surface area contributed by atoms with E-state index < -0.39 is 11.6 Å². The lowest BCUT2D eigenvalue weighted by atomic mass is 9.67. The van der Waals surface area contributed by atoms with Crippen LogP contribution in [0.15, 0.2) is 24.3 Å². The highest BCUT2D eigenvalue weighted by molar-refractivity contribution is 6.09. The second kappa shape index (κ2) is 9.35. The van der Waals surface area contributed by atoms with Crippen LogP contribution in [-0.2, 0) is 15.0 Å². The molecule has 3 rings (SSSR count). The Morgan fingerprint density at radius 1 is 1.09 bits per heavy atom. The summed E-state index contributed by atoms with van der Waals surface area (Å²) in [6, 6.07) is 7.44. The third kappa shape index (κ3) is 5.87. The molecule has 1 aromatic carbocycles. The molecule has 2 fully saturated rings. The van der Waals surface area contributed by atoms with E-state index in [1.54, 1.807) is 0 Å². The smallest absolute Gasteiger partial charge is 0.325 e. The molecule has 1 aliphatic heterocycles. The lowest BCUT2D eigenvalue weighted by molar-refractivity contribution is -0.136. The first-order valence-corrected chi connectivity index (χ1v) is 12.0. The van der Waals surface area contributed by atoms with Gasteiger partial charge in [-0.05, 0) is 60.1 Å². The van der Waals surface area contributed by atoms with E-state index in [4.69, 9.17) is 4.74 Å². The van der Waals surface area contributed by atoms with Gasteiger partial charge >= 0.3 is 6.03 Å². The second-order valence-electron chi connectivity index (χ2n) is 11.5. The van der Waals surface area contributed by atoms with E-state index in [9.17, 15) is 14.4 Å². The first-order valence-electron chi connectivity index (χ1n) is 12.0. The predicted octanol–water partition coefficient (Wildman–Crippen LogP) is 4.01. The molecular formula is C26H39N3O4. The van der Waals surface area contributed by atoms with Gasteiger partial charge in [0.1, 0.15) is 24.4 Å². The van der Waals surface area contributed by atoms with Gasteiger partial charge in [0.15, 0.2) is 0 Å². The van der Waals surface area contributed by atoms with Crippen LogP contribution >= 0.6 is 0 Å². The van der Waals surface area contributed by atoms with Crippen LogP contribution < -0.4 is 15.4 Å². The van der Waals surface area contributed by atoms with Gasteiger partial charge in [0, 0.05) is 0 Å². The molecule has 7 heteroatoms. The van der Waals surface area contributed by atoms with E-state index >= 15 is 0 Å². The summed E-state index contributed by atoms with van der Waals surface area (Å²) < 4.78 is 5.69. The molecule has 1 saturated carbocycles. The molecule has 1 heterocycles. The van der Waals surface area contributed by atoms with Crippen molar-refractivity contribution >= 4 is 17.8 Å². The Bertz CT molecular complexity index is 872. The lowest BCUT2D eigenvalue weighted by Crippen LogP contribution is -2.51. The quantitative estimate of drug-likeness (QED) is 0.499. The van der Waals surface area contributed by atoms with Crippen LogP contribution in [0.3, 0.4) is 0 Å². The van der Waals surface area contributed by atoms with Crippen LogP contribution in [0.2, 0.25) is 0 Å². The van der Waals surface area contributed by atoms with Gasteiger partial charge in [-0.25, -0.2) is 4.79 Å². The number of carbonyl (C=O) groups excluding carboxylic acids is 3. The SMILES string of the molecule is CC(C)(C)c1ccc(OCCNC(=O)CN2C(=O)NC3(CCC(C(C)(C)C)CC3)C2=O)cc1. The first kappa shape index (κ1) is 25.1. The van der Waals surface area contributed by atoms with Crippen molar-refractivity contribution in [3.05, 3.63) is 29.8 Å². The molecule has 7 nitrogen and oxygen atoms in total. The zero-order valence-corrected chi connectivity index (χ0v) is 20.9. The Kier molecular flexibility index (Phi) is 7.10. The third-order valence-electron chi connectivity index (χ3n) is 7.02. The summed E-state index contributed by atoms with van der Waals surface area (Å²) in [5, 5.41) is 5.62. The molecule has 33 heavy (non-hydrogen) atoms. The average Bonchev–Trinajstić information content (AvgIpc) is 2.94. The molecule has 4 amide bonds. The highest BCUT2D eigenvalue weighted by Crippen LogP contribution is 2.43. The Labute approximate surface area is 197 Å². The van der Waals surface area contributed by atoms with Gasteiger partial charge in [-0.15, -0.1) is 0 Å². The number of benzene rings is 1. The number of urea groups is 1. The zero-order valence-electron chi connectivity index (χ0n) is 20.9. The number of hydrogen-bond donors (Lipinski definition) is 2. The van der Waals surface area contributed by atoms with Crippen LogP contribution in [0.4, 0.5) is 4.79 Å². The minimum Gasteiger partial charge on any atom is -0.492 e. The van der Waals surface area contributed by atoms with Gasteiger partial charge in [0.25, 0.3) is 5.91 Å². The maximum Gasteiger partial charge on any atom is 0.325 e. The number of carbonyl (C=O) groups is 3. The monoisotopic (exact) mass is 457 g/mol. The van der Waals surface area contributed by atoms with Crippen molar-refractivity contribution in [2.24, 2.45) is 11.3 Å². The average molecular weight is 458 g/mol. The van der Waals surface area contributed by atoms with E-state index in [2.05, 4.69) is 52.2 Å². The minimum atomic E-state index is -0.846. The van der Waals surface area contributed by atoms with Crippen molar-refractivity contribution in [1.29, 1.82) is 0 Å². The summed E-state index contributed by atoms with van der Waals surface area (Å²) in [6.45, 7) is 13.4. The van der Waals surface area contributed by atoms with Gasteiger partial charge in [0.2, 0.25) is 5.91 Å². The Hall–Kier alpha value is -2.57. The summed E-state index contributed by atoms with van der Waals surface area (Å²) in [7, 11) is 0. The van der Waals surface area contributed by atoms with Crippen LogP contribution in [0.1, 0.15) is 72.8 Å². The molecule has 2 aliphatic rings.